The van der Waals surface area contributed by atoms with E-state index >= 15 is 0 Å². The number of benzene rings is 2. The largest absolute Gasteiger partial charge is 0.496 e. The van der Waals surface area contributed by atoms with Crippen molar-refractivity contribution in [2.75, 3.05) is 41.2 Å². The van der Waals surface area contributed by atoms with E-state index in [-0.39, 0.29) is 6.10 Å². The fourth-order valence-corrected chi connectivity index (χ4v) is 7.87. The van der Waals surface area contributed by atoms with Crippen LogP contribution < -0.4 is 14.2 Å². The second-order valence-corrected chi connectivity index (χ2v) is 13.3. The predicted octanol–water partition coefficient (Wildman–Crippen LogP) is 9.02. The van der Waals surface area contributed by atoms with Gasteiger partial charge in [-0.2, -0.15) is 0 Å². The molecule has 8 heteroatoms. The Morgan fingerprint density at radius 3 is 2.35 bits per heavy atom. The molecule has 3 heterocycles. The molecular formula is C35H44O6S2. The first kappa shape index (κ1) is 32.8. The van der Waals surface area contributed by atoms with Crippen LogP contribution >= 0.6 is 23.1 Å². The molecule has 6 nitrogen and oxygen atoms in total. The first-order valence-electron chi connectivity index (χ1n) is 14.8. The van der Waals surface area contributed by atoms with Gasteiger partial charge in [-0.05, 0) is 62.8 Å². The normalized spacial score (nSPS) is 15.5. The molecule has 0 amide bonds. The van der Waals surface area contributed by atoms with Crippen molar-refractivity contribution >= 4 is 28.0 Å². The Kier molecular flexibility index (Phi) is 11.9. The lowest BCUT2D eigenvalue weighted by atomic mass is 9.96. The molecule has 0 N–H and O–H groups in total. The Balaban J connectivity index is 0.00000135. The molecule has 5 rings (SSSR count). The summed E-state index contributed by atoms with van der Waals surface area (Å²) in [6.45, 7) is 14.4. The van der Waals surface area contributed by atoms with Gasteiger partial charge in [-0.25, -0.2) is 0 Å². The summed E-state index contributed by atoms with van der Waals surface area (Å²) in [5.41, 5.74) is 4.57. The Hall–Kier alpha value is -3.07. The van der Waals surface area contributed by atoms with Crippen LogP contribution in [0, 0.1) is 5.92 Å². The van der Waals surface area contributed by atoms with Gasteiger partial charge in [-0.3, -0.25) is 0 Å². The maximum absolute atomic E-state index is 6.38. The van der Waals surface area contributed by atoms with Gasteiger partial charge < -0.3 is 28.4 Å². The SMILES string of the molecule is C=C1OCCO/C1=C(/Sc1sc(-c2ccccc2OC(C)C)c2c1OCCC2)c1c(CC(C)C)cccc1OC.COC. The molecule has 0 saturated carbocycles. The summed E-state index contributed by atoms with van der Waals surface area (Å²) in [4.78, 5) is 2.13. The van der Waals surface area contributed by atoms with Gasteiger partial charge >= 0.3 is 0 Å². The van der Waals surface area contributed by atoms with Crippen LogP contribution in [-0.2, 0) is 27.1 Å². The van der Waals surface area contributed by atoms with Crippen molar-refractivity contribution < 1.29 is 28.4 Å². The third-order valence-electron chi connectivity index (χ3n) is 6.69. The molecule has 0 aliphatic carbocycles. The minimum atomic E-state index is 0.0813. The summed E-state index contributed by atoms with van der Waals surface area (Å²) in [5, 5.41) is 0. The fraction of sp³-hybridized carbons (Fsp3) is 0.429. The van der Waals surface area contributed by atoms with Crippen LogP contribution in [0.5, 0.6) is 17.2 Å². The van der Waals surface area contributed by atoms with Gasteiger partial charge in [0.05, 0.1) is 24.7 Å². The minimum absolute atomic E-state index is 0.0813. The van der Waals surface area contributed by atoms with E-state index in [0.717, 1.165) is 56.8 Å². The van der Waals surface area contributed by atoms with Crippen LogP contribution in [0.15, 0.2) is 64.8 Å². The maximum atomic E-state index is 6.38. The van der Waals surface area contributed by atoms with Crippen molar-refractivity contribution in [1.29, 1.82) is 0 Å². The molecule has 0 unspecified atom stereocenters. The average Bonchev–Trinajstić information content (AvgIpc) is 3.34. The minimum Gasteiger partial charge on any atom is -0.496 e. The zero-order chi connectivity index (χ0) is 30.9. The highest BCUT2D eigenvalue weighted by Gasteiger charge is 2.30. The number of methoxy groups -OCH3 is 2. The highest BCUT2D eigenvalue weighted by molar-refractivity contribution is 8.10. The summed E-state index contributed by atoms with van der Waals surface area (Å²) in [6.07, 6.45) is 2.93. The zero-order valence-corrected chi connectivity index (χ0v) is 28.0. The van der Waals surface area contributed by atoms with Crippen LogP contribution in [0.4, 0.5) is 0 Å². The molecule has 1 fully saturated rings. The third kappa shape index (κ3) is 7.91. The van der Waals surface area contributed by atoms with E-state index in [4.69, 9.17) is 23.7 Å². The average molecular weight is 625 g/mol. The molecule has 0 radical (unpaired) electrons. The lowest BCUT2D eigenvalue weighted by Crippen LogP contribution is -2.15. The number of thioether (sulfide) groups is 1. The van der Waals surface area contributed by atoms with Gasteiger partial charge in [-0.15, -0.1) is 11.3 Å². The second-order valence-electron chi connectivity index (χ2n) is 11.0. The Morgan fingerprint density at radius 2 is 1.65 bits per heavy atom. The molecule has 0 bridgehead atoms. The molecule has 2 aromatic carbocycles. The lowest BCUT2D eigenvalue weighted by Gasteiger charge is -2.25. The molecule has 1 aromatic heterocycles. The summed E-state index contributed by atoms with van der Waals surface area (Å²) >= 11 is 3.41. The van der Waals surface area contributed by atoms with Gasteiger partial charge in [0.2, 0.25) is 0 Å². The van der Waals surface area contributed by atoms with Gasteiger partial charge in [0, 0.05) is 35.8 Å². The van der Waals surface area contributed by atoms with Crippen molar-refractivity contribution in [3.63, 3.8) is 0 Å². The summed E-state index contributed by atoms with van der Waals surface area (Å²) in [7, 11) is 4.97. The summed E-state index contributed by atoms with van der Waals surface area (Å²) in [6, 6.07) is 14.5. The molecule has 3 aromatic rings. The van der Waals surface area contributed by atoms with Crippen molar-refractivity contribution in [3.8, 4) is 27.7 Å². The number of fused-ring (bicyclic) bond motifs is 1. The Morgan fingerprint density at radius 1 is 0.930 bits per heavy atom. The highest BCUT2D eigenvalue weighted by Crippen LogP contribution is 2.55. The van der Waals surface area contributed by atoms with Gasteiger partial charge in [0.25, 0.3) is 0 Å². The monoisotopic (exact) mass is 624 g/mol. The molecule has 43 heavy (non-hydrogen) atoms. The molecule has 1 saturated heterocycles. The van der Waals surface area contributed by atoms with E-state index in [1.165, 1.54) is 16.0 Å². The van der Waals surface area contributed by atoms with Crippen LogP contribution in [0.3, 0.4) is 0 Å². The number of thiophene rings is 1. The van der Waals surface area contributed by atoms with Gasteiger partial charge in [0.15, 0.2) is 11.5 Å². The van der Waals surface area contributed by atoms with E-state index in [1.807, 2.05) is 12.1 Å². The molecular weight excluding hydrogens is 581 g/mol. The quantitative estimate of drug-likeness (QED) is 0.220. The molecule has 2 aliphatic heterocycles. The van der Waals surface area contributed by atoms with E-state index in [0.29, 0.717) is 37.3 Å². The van der Waals surface area contributed by atoms with Crippen LogP contribution in [0.1, 0.15) is 50.8 Å². The number of para-hydroxylation sites is 1. The zero-order valence-electron chi connectivity index (χ0n) is 26.4. The van der Waals surface area contributed by atoms with Crippen molar-refractivity contribution in [2.45, 2.75) is 57.3 Å². The van der Waals surface area contributed by atoms with E-state index in [9.17, 15) is 0 Å². The fourth-order valence-electron chi connectivity index (χ4n) is 5.08. The van der Waals surface area contributed by atoms with Crippen LogP contribution in [-0.4, -0.2) is 47.3 Å². The number of rotatable bonds is 9. The molecule has 2 aliphatic rings. The number of hydrogen-bond donors (Lipinski definition) is 0. The predicted molar refractivity (Wildman–Crippen MR) is 178 cm³/mol. The molecule has 0 spiro atoms. The van der Waals surface area contributed by atoms with Crippen molar-refractivity contribution in [3.05, 3.63) is 77.3 Å². The lowest BCUT2D eigenvalue weighted by molar-refractivity contribution is 0.0621. The maximum Gasteiger partial charge on any atom is 0.175 e. The van der Waals surface area contributed by atoms with Gasteiger partial charge in [0.1, 0.15) is 34.7 Å². The molecule has 0 atom stereocenters. The van der Waals surface area contributed by atoms with Crippen LogP contribution in [0.25, 0.3) is 15.3 Å². The van der Waals surface area contributed by atoms with E-state index in [2.05, 4.69) is 69.3 Å². The topological polar surface area (TPSA) is 55.4 Å². The van der Waals surface area contributed by atoms with Gasteiger partial charge in [-0.1, -0.05) is 56.5 Å². The first-order chi connectivity index (χ1) is 20.8. The van der Waals surface area contributed by atoms with Crippen molar-refractivity contribution in [1.82, 2.24) is 0 Å². The first-order valence-corrected chi connectivity index (χ1v) is 16.4. The van der Waals surface area contributed by atoms with Crippen LogP contribution in [0.2, 0.25) is 0 Å². The Labute approximate surface area is 265 Å². The number of ether oxygens (including phenoxy) is 6. The summed E-state index contributed by atoms with van der Waals surface area (Å²) in [5.74, 6) is 4.32. The third-order valence-corrected chi connectivity index (χ3v) is 9.19. The Bertz CT molecular complexity index is 1420. The molecule has 232 valence electrons. The van der Waals surface area contributed by atoms with E-state index in [1.54, 1.807) is 44.4 Å². The number of hydrogen-bond acceptors (Lipinski definition) is 8. The van der Waals surface area contributed by atoms with E-state index < -0.39 is 0 Å². The van der Waals surface area contributed by atoms with Crippen molar-refractivity contribution in [2.24, 2.45) is 5.92 Å². The standard InChI is InChI=1S/C33H38O5S2.C2H6O/c1-20(2)19-23-11-9-15-27(34-6)28(23)32(29-22(5)35-17-18-37-29)40-33-30-25(13-10-16-36-30)31(39-33)24-12-7-8-14-26(24)38-21(3)4;1-3-2/h7-9,11-12,14-15,20-21H,5,10,13,16-19H2,1-4,6H3;1-2H3/b32-29+;. The second kappa shape index (κ2) is 15.6. The summed E-state index contributed by atoms with van der Waals surface area (Å²) < 4.78 is 36.0. The smallest absolute Gasteiger partial charge is 0.175 e. The highest BCUT2D eigenvalue weighted by atomic mass is 32.2.